The van der Waals surface area contributed by atoms with Crippen LogP contribution in [0.1, 0.15) is 19.8 Å². The average molecular weight is 171 g/mol. The topological polar surface area (TPSA) is 12.0 Å². The van der Waals surface area contributed by atoms with Crippen LogP contribution >= 0.6 is 0 Å². The maximum Gasteiger partial charge on any atom is 0.116 e. The molecule has 2 bridgehead atoms. The zero-order valence-corrected chi connectivity index (χ0v) is 8.01. The molecule has 1 aliphatic heterocycles. The fourth-order valence-electron chi connectivity index (χ4n) is 2.02. The summed E-state index contributed by atoms with van der Waals surface area (Å²) >= 11 is 0. The average Bonchev–Trinajstić information content (AvgIpc) is 2.36. The number of fused-ring (bicyclic) bond motifs is 2. The Morgan fingerprint density at radius 2 is 2.38 bits per heavy atom. The highest BCUT2D eigenvalue weighted by Crippen LogP contribution is 2.28. The maximum atomic E-state index is 5.94. The van der Waals surface area contributed by atoms with Gasteiger partial charge in [0.25, 0.3) is 0 Å². The Morgan fingerprint density at radius 3 is 3.23 bits per heavy atom. The molecule has 2 rings (SSSR count). The first kappa shape index (κ1) is 8.67. The van der Waals surface area contributed by atoms with Gasteiger partial charge in [-0.2, -0.15) is 0 Å². The standard InChI is InChI=1S/C11H14BN/c1-8-9-4-2-6-10(12)11(8)13-7-3-5-9/h2,4,6,8,13H,3,5,7H2,1H3/t8-/m1/s1. The van der Waals surface area contributed by atoms with E-state index in [1.54, 1.807) is 0 Å². The molecule has 1 heterocycles. The van der Waals surface area contributed by atoms with Crippen LogP contribution in [0, 0.1) is 5.92 Å². The third kappa shape index (κ3) is 1.58. The van der Waals surface area contributed by atoms with Crippen molar-refractivity contribution in [1.82, 2.24) is 5.32 Å². The molecular weight excluding hydrogens is 157 g/mol. The van der Waals surface area contributed by atoms with Gasteiger partial charge in [-0.05, 0) is 12.8 Å². The summed E-state index contributed by atoms with van der Waals surface area (Å²) in [6, 6.07) is 0. The van der Waals surface area contributed by atoms with Gasteiger partial charge in [-0.1, -0.05) is 36.2 Å². The molecule has 13 heavy (non-hydrogen) atoms. The van der Waals surface area contributed by atoms with Gasteiger partial charge in [-0.15, -0.1) is 0 Å². The van der Waals surface area contributed by atoms with Gasteiger partial charge in [0, 0.05) is 18.2 Å². The fraction of sp³-hybridized carbons (Fsp3) is 0.455. The van der Waals surface area contributed by atoms with E-state index in [4.69, 9.17) is 7.85 Å². The lowest BCUT2D eigenvalue weighted by atomic mass is 9.87. The van der Waals surface area contributed by atoms with Crippen LogP contribution in [-0.2, 0) is 0 Å². The molecule has 0 amide bonds. The second kappa shape index (κ2) is 3.45. The van der Waals surface area contributed by atoms with Gasteiger partial charge in [-0.25, -0.2) is 0 Å². The van der Waals surface area contributed by atoms with Crippen LogP contribution in [0.5, 0.6) is 0 Å². The highest BCUT2D eigenvalue weighted by molar-refractivity contribution is 6.24. The van der Waals surface area contributed by atoms with Crippen molar-refractivity contribution in [3.63, 3.8) is 0 Å². The summed E-state index contributed by atoms with van der Waals surface area (Å²) in [4.78, 5) is 0. The quantitative estimate of drug-likeness (QED) is 0.548. The number of nitrogens with one attached hydrogen (secondary N) is 1. The Kier molecular flexibility index (Phi) is 2.30. The zero-order valence-electron chi connectivity index (χ0n) is 8.01. The second-order valence-corrected chi connectivity index (χ2v) is 3.72. The van der Waals surface area contributed by atoms with Crippen LogP contribution in [-0.4, -0.2) is 14.4 Å². The zero-order chi connectivity index (χ0) is 9.26. The lowest BCUT2D eigenvalue weighted by molar-refractivity contribution is 0.717. The summed E-state index contributed by atoms with van der Waals surface area (Å²) in [6.07, 6.45) is 8.64. The van der Waals surface area contributed by atoms with Crippen molar-refractivity contribution in [2.24, 2.45) is 5.92 Å². The van der Waals surface area contributed by atoms with E-state index in [0.29, 0.717) is 5.92 Å². The Bertz CT molecular complexity index is 299. The molecule has 1 fully saturated rings. The van der Waals surface area contributed by atoms with E-state index in [2.05, 4.69) is 24.4 Å². The molecule has 2 radical (unpaired) electrons. The number of allylic oxidation sites excluding steroid dienone is 5. The van der Waals surface area contributed by atoms with E-state index in [9.17, 15) is 0 Å². The van der Waals surface area contributed by atoms with Gasteiger partial charge >= 0.3 is 0 Å². The molecule has 0 saturated carbocycles. The second-order valence-electron chi connectivity index (χ2n) is 3.72. The van der Waals surface area contributed by atoms with Crippen molar-refractivity contribution in [2.45, 2.75) is 19.8 Å². The molecule has 1 nitrogen and oxygen atoms in total. The minimum Gasteiger partial charge on any atom is -0.388 e. The van der Waals surface area contributed by atoms with Gasteiger partial charge < -0.3 is 5.32 Å². The lowest BCUT2D eigenvalue weighted by Gasteiger charge is -2.17. The molecule has 2 aliphatic rings. The summed E-state index contributed by atoms with van der Waals surface area (Å²) in [5, 5.41) is 3.42. The van der Waals surface area contributed by atoms with Crippen LogP contribution in [0.2, 0.25) is 0 Å². The van der Waals surface area contributed by atoms with Crippen LogP contribution in [0.25, 0.3) is 0 Å². The molecule has 1 atom stereocenters. The number of hydrogen-bond acceptors (Lipinski definition) is 1. The lowest BCUT2D eigenvalue weighted by Crippen LogP contribution is -2.19. The molecule has 0 aromatic rings. The minimum absolute atomic E-state index is 0.470. The normalized spacial score (nSPS) is 27.5. The highest BCUT2D eigenvalue weighted by Gasteiger charge is 2.18. The molecule has 1 aliphatic carbocycles. The van der Waals surface area contributed by atoms with Crippen molar-refractivity contribution in [2.75, 3.05) is 6.54 Å². The van der Waals surface area contributed by atoms with Crippen molar-refractivity contribution < 1.29 is 0 Å². The molecule has 1 N–H and O–H groups in total. The Hall–Kier alpha value is -0.915. The molecule has 2 heteroatoms. The molecule has 0 unspecified atom stereocenters. The van der Waals surface area contributed by atoms with Crippen LogP contribution in [0.15, 0.2) is 35.0 Å². The van der Waals surface area contributed by atoms with E-state index in [0.717, 1.165) is 12.0 Å². The summed E-state index contributed by atoms with van der Waals surface area (Å²) in [6.45, 7) is 3.27. The van der Waals surface area contributed by atoms with E-state index < -0.39 is 0 Å². The smallest absolute Gasteiger partial charge is 0.116 e. The maximum absolute atomic E-state index is 5.94. The summed E-state index contributed by atoms with van der Waals surface area (Å²) in [5.41, 5.74) is 3.59. The first-order chi connectivity index (χ1) is 6.29. The van der Waals surface area contributed by atoms with Gasteiger partial charge in [0.2, 0.25) is 0 Å². The minimum atomic E-state index is 0.470. The third-order valence-electron chi connectivity index (χ3n) is 2.84. The van der Waals surface area contributed by atoms with Crippen LogP contribution in [0.3, 0.4) is 0 Å². The molecular formula is C11H14BN. The van der Waals surface area contributed by atoms with Gasteiger partial charge in [0.15, 0.2) is 0 Å². The number of hydrogen-bond donors (Lipinski definition) is 1. The first-order valence-corrected chi connectivity index (χ1v) is 4.89. The Morgan fingerprint density at radius 1 is 1.54 bits per heavy atom. The van der Waals surface area contributed by atoms with Crippen molar-refractivity contribution >= 4 is 7.85 Å². The van der Waals surface area contributed by atoms with E-state index in [-0.39, 0.29) is 0 Å². The van der Waals surface area contributed by atoms with Gasteiger partial charge in [0.1, 0.15) is 7.85 Å². The van der Waals surface area contributed by atoms with Gasteiger partial charge in [-0.3, -0.25) is 0 Å². The Labute approximate surface area is 81.0 Å². The summed E-state index contributed by atoms with van der Waals surface area (Å²) < 4.78 is 0. The van der Waals surface area contributed by atoms with E-state index in [1.807, 2.05) is 6.08 Å². The molecule has 66 valence electrons. The fourth-order valence-corrected chi connectivity index (χ4v) is 2.02. The monoisotopic (exact) mass is 171 g/mol. The third-order valence-corrected chi connectivity index (χ3v) is 2.84. The van der Waals surface area contributed by atoms with Crippen molar-refractivity contribution in [3.8, 4) is 0 Å². The predicted molar refractivity (Wildman–Crippen MR) is 56.4 cm³/mol. The van der Waals surface area contributed by atoms with Crippen LogP contribution < -0.4 is 5.32 Å². The summed E-state index contributed by atoms with van der Waals surface area (Å²) in [7, 11) is 5.94. The van der Waals surface area contributed by atoms with E-state index >= 15 is 0 Å². The first-order valence-electron chi connectivity index (χ1n) is 4.89. The Balaban J connectivity index is 2.44. The van der Waals surface area contributed by atoms with Crippen molar-refractivity contribution in [3.05, 3.63) is 35.0 Å². The van der Waals surface area contributed by atoms with Crippen molar-refractivity contribution in [1.29, 1.82) is 0 Å². The molecule has 0 spiro atoms. The molecule has 1 saturated heterocycles. The highest BCUT2D eigenvalue weighted by atomic mass is 14.9. The predicted octanol–water partition coefficient (Wildman–Crippen LogP) is 1.88. The summed E-state index contributed by atoms with van der Waals surface area (Å²) in [5.74, 6) is 0.470. The largest absolute Gasteiger partial charge is 0.388 e. The molecule has 0 aromatic carbocycles. The van der Waals surface area contributed by atoms with E-state index in [1.165, 1.54) is 24.1 Å². The molecule has 0 aromatic heterocycles. The van der Waals surface area contributed by atoms with Gasteiger partial charge in [0.05, 0.1) is 0 Å². The SMILES string of the molecule is [B]C1=C2NCCCC(=CC=C1)[C@H]2C. The number of rotatable bonds is 0. The van der Waals surface area contributed by atoms with Crippen LogP contribution in [0.4, 0.5) is 0 Å².